The highest BCUT2D eigenvalue weighted by Gasteiger charge is 2.32. The van der Waals surface area contributed by atoms with Gasteiger partial charge in [-0.25, -0.2) is 0 Å². The van der Waals surface area contributed by atoms with Crippen molar-refractivity contribution in [3.05, 3.63) is 35.0 Å². The van der Waals surface area contributed by atoms with Crippen molar-refractivity contribution >= 4 is 5.91 Å². The summed E-state index contributed by atoms with van der Waals surface area (Å²) in [5.41, 5.74) is 2.02. The average molecular weight is 276 g/mol. The van der Waals surface area contributed by atoms with Crippen LogP contribution in [0.4, 0.5) is 0 Å². The lowest BCUT2D eigenvalue weighted by Crippen LogP contribution is -2.43. The van der Waals surface area contributed by atoms with Gasteiger partial charge in [0.1, 0.15) is 11.3 Å². The number of hydrogen-bond donors (Lipinski definition) is 1. The number of morpholine rings is 1. The van der Waals surface area contributed by atoms with E-state index in [4.69, 9.17) is 9.26 Å². The minimum atomic E-state index is -0.160. The van der Waals surface area contributed by atoms with Gasteiger partial charge in [0.15, 0.2) is 0 Å². The lowest BCUT2D eigenvalue weighted by molar-refractivity contribution is -0.00403. The lowest BCUT2D eigenvalue weighted by Gasteiger charge is -2.34. The van der Waals surface area contributed by atoms with E-state index in [-0.39, 0.29) is 11.9 Å². The van der Waals surface area contributed by atoms with Crippen molar-refractivity contribution in [1.82, 2.24) is 20.3 Å². The van der Waals surface area contributed by atoms with Crippen molar-refractivity contribution in [2.24, 2.45) is 0 Å². The predicted octanol–water partition coefficient (Wildman–Crippen LogP) is 1.23. The zero-order valence-corrected chi connectivity index (χ0v) is 11.4. The molecule has 0 spiro atoms. The Morgan fingerprint density at radius 1 is 1.50 bits per heavy atom. The van der Waals surface area contributed by atoms with Crippen molar-refractivity contribution in [3.63, 3.8) is 0 Å². The highest BCUT2D eigenvalue weighted by atomic mass is 16.5. The Kier molecular flexibility index (Phi) is 3.27. The van der Waals surface area contributed by atoms with Crippen LogP contribution in [0.25, 0.3) is 0 Å². The normalized spacial score (nSPS) is 19.3. The van der Waals surface area contributed by atoms with Gasteiger partial charge in [-0.05, 0) is 19.9 Å². The van der Waals surface area contributed by atoms with Gasteiger partial charge in [0.2, 0.25) is 0 Å². The molecule has 7 nitrogen and oxygen atoms in total. The van der Waals surface area contributed by atoms with E-state index in [1.165, 1.54) is 0 Å². The predicted molar refractivity (Wildman–Crippen MR) is 69.2 cm³/mol. The molecule has 2 aromatic rings. The summed E-state index contributed by atoms with van der Waals surface area (Å²) >= 11 is 0. The number of aromatic amines is 1. The third-order valence-electron chi connectivity index (χ3n) is 3.52. The van der Waals surface area contributed by atoms with Gasteiger partial charge >= 0.3 is 0 Å². The first-order valence-corrected chi connectivity index (χ1v) is 6.49. The lowest BCUT2D eigenvalue weighted by atomic mass is 10.1. The van der Waals surface area contributed by atoms with Crippen LogP contribution >= 0.6 is 0 Å². The van der Waals surface area contributed by atoms with Crippen LogP contribution in [0.15, 0.2) is 16.8 Å². The van der Waals surface area contributed by atoms with E-state index in [9.17, 15) is 4.79 Å². The van der Waals surface area contributed by atoms with E-state index in [0.717, 1.165) is 5.69 Å². The largest absolute Gasteiger partial charge is 0.377 e. The number of nitrogens with one attached hydrogen (secondary N) is 1. The van der Waals surface area contributed by atoms with E-state index < -0.39 is 0 Å². The number of amides is 1. The van der Waals surface area contributed by atoms with Crippen molar-refractivity contribution in [2.75, 3.05) is 19.8 Å². The zero-order valence-electron chi connectivity index (χ0n) is 11.4. The molecule has 3 rings (SSSR count). The molecule has 1 saturated heterocycles. The van der Waals surface area contributed by atoms with Crippen LogP contribution in [0.3, 0.4) is 0 Å². The number of carbonyl (C=O) groups excluding carboxylic acids is 1. The first-order chi connectivity index (χ1) is 9.68. The Hall–Kier alpha value is -2.15. The molecule has 20 heavy (non-hydrogen) atoms. The Balaban J connectivity index is 1.92. The summed E-state index contributed by atoms with van der Waals surface area (Å²) in [4.78, 5) is 14.5. The molecule has 0 aromatic carbocycles. The molecule has 1 fully saturated rings. The summed E-state index contributed by atoms with van der Waals surface area (Å²) in [6.45, 7) is 5.04. The first-order valence-electron chi connectivity index (χ1n) is 6.49. The highest BCUT2D eigenvalue weighted by Crippen LogP contribution is 2.26. The van der Waals surface area contributed by atoms with E-state index in [0.29, 0.717) is 36.8 Å². The maximum Gasteiger partial charge on any atom is 0.260 e. The van der Waals surface area contributed by atoms with Crippen LogP contribution in [0.2, 0.25) is 0 Å². The van der Waals surface area contributed by atoms with Gasteiger partial charge in [-0.2, -0.15) is 5.10 Å². The summed E-state index contributed by atoms with van der Waals surface area (Å²) in [7, 11) is 0. The van der Waals surface area contributed by atoms with Gasteiger partial charge in [-0.15, -0.1) is 0 Å². The molecule has 1 atom stereocenters. The number of H-pyrrole nitrogens is 1. The van der Waals surface area contributed by atoms with Crippen LogP contribution in [-0.4, -0.2) is 45.9 Å². The molecule has 0 bridgehead atoms. The van der Waals surface area contributed by atoms with Crippen LogP contribution in [0, 0.1) is 13.8 Å². The molecule has 1 amide bonds. The molecule has 1 N–H and O–H groups in total. The number of aromatic nitrogens is 3. The standard InChI is InChI=1S/C13H16N4O3/c1-8-12(9(2)20-16-8)13(18)17-5-6-19-7-11(17)10-3-4-14-15-10/h3-4,11H,5-7H2,1-2H3,(H,14,15)/t11-/m1/s1. The van der Waals surface area contributed by atoms with Crippen molar-refractivity contribution in [2.45, 2.75) is 19.9 Å². The monoisotopic (exact) mass is 276 g/mol. The van der Waals surface area contributed by atoms with Crippen LogP contribution < -0.4 is 0 Å². The summed E-state index contributed by atoms with van der Waals surface area (Å²) in [5, 5.41) is 10.7. The second-order valence-corrected chi connectivity index (χ2v) is 4.80. The van der Waals surface area contributed by atoms with Gasteiger partial charge in [-0.3, -0.25) is 9.89 Å². The Morgan fingerprint density at radius 3 is 3.00 bits per heavy atom. The van der Waals surface area contributed by atoms with Crippen molar-refractivity contribution in [1.29, 1.82) is 0 Å². The number of carbonyl (C=O) groups is 1. The van der Waals surface area contributed by atoms with E-state index in [1.54, 1.807) is 24.9 Å². The van der Waals surface area contributed by atoms with Gasteiger partial charge in [0.05, 0.1) is 30.6 Å². The fraction of sp³-hybridized carbons (Fsp3) is 0.462. The molecular weight excluding hydrogens is 260 g/mol. The topological polar surface area (TPSA) is 84.2 Å². The second kappa shape index (κ2) is 5.09. The molecule has 1 aliphatic rings. The molecule has 1 aliphatic heterocycles. The van der Waals surface area contributed by atoms with Crippen LogP contribution in [0.5, 0.6) is 0 Å². The smallest absolute Gasteiger partial charge is 0.260 e. The molecule has 0 unspecified atom stereocenters. The summed E-state index contributed by atoms with van der Waals surface area (Å²) < 4.78 is 10.6. The van der Waals surface area contributed by atoms with Gasteiger partial charge < -0.3 is 14.2 Å². The summed E-state index contributed by atoms with van der Waals surface area (Å²) in [5.74, 6) is 0.464. The fourth-order valence-corrected chi connectivity index (χ4v) is 2.49. The minimum absolute atomic E-state index is 0.0795. The maximum absolute atomic E-state index is 12.7. The second-order valence-electron chi connectivity index (χ2n) is 4.80. The quantitative estimate of drug-likeness (QED) is 0.891. The Labute approximate surface area is 115 Å². The van der Waals surface area contributed by atoms with Gasteiger partial charge in [0.25, 0.3) is 5.91 Å². The van der Waals surface area contributed by atoms with Crippen molar-refractivity contribution in [3.8, 4) is 0 Å². The molecule has 0 saturated carbocycles. The first kappa shape index (κ1) is 12.9. The Bertz CT molecular complexity index is 586. The summed E-state index contributed by atoms with van der Waals surface area (Å²) in [6, 6.07) is 1.69. The SMILES string of the molecule is Cc1noc(C)c1C(=O)N1CCOC[C@@H]1c1ccn[nH]1. The molecule has 2 aromatic heterocycles. The molecule has 106 valence electrons. The van der Waals surface area contributed by atoms with Gasteiger partial charge in [0, 0.05) is 12.7 Å². The Morgan fingerprint density at radius 2 is 2.35 bits per heavy atom. The number of hydrogen-bond acceptors (Lipinski definition) is 5. The van der Waals surface area contributed by atoms with E-state index >= 15 is 0 Å². The number of nitrogens with zero attached hydrogens (tertiary/aromatic N) is 3. The molecule has 3 heterocycles. The van der Waals surface area contributed by atoms with Crippen LogP contribution in [0.1, 0.15) is 33.5 Å². The average Bonchev–Trinajstić information content (AvgIpc) is 3.09. The van der Waals surface area contributed by atoms with Gasteiger partial charge in [-0.1, -0.05) is 5.16 Å². The number of ether oxygens (including phenoxy) is 1. The molecule has 7 heteroatoms. The third-order valence-corrected chi connectivity index (χ3v) is 3.52. The van der Waals surface area contributed by atoms with E-state index in [1.807, 2.05) is 6.07 Å². The molecule has 0 aliphatic carbocycles. The maximum atomic E-state index is 12.7. The van der Waals surface area contributed by atoms with Crippen molar-refractivity contribution < 1.29 is 14.1 Å². The number of rotatable bonds is 2. The summed E-state index contributed by atoms with van der Waals surface area (Å²) in [6.07, 6.45) is 1.67. The minimum Gasteiger partial charge on any atom is -0.377 e. The molecular formula is C13H16N4O3. The van der Waals surface area contributed by atoms with E-state index in [2.05, 4.69) is 15.4 Å². The van der Waals surface area contributed by atoms with Crippen LogP contribution in [-0.2, 0) is 4.74 Å². The molecule has 0 radical (unpaired) electrons. The number of aryl methyl sites for hydroxylation is 2. The fourth-order valence-electron chi connectivity index (χ4n) is 2.49. The third kappa shape index (κ3) is 2.09. The zero-order chi connectivity index (χ0) is 14.1. The highest BCUT2D eigenvalue weighted by molar-refractivity contribution is 5.96.